The summed E-state index contributed by atoms with van der Waals surface area (Å²) in [6.45, 7) is 8.18. The van der Waals surface area contributed by atoms with Crippen molar-refractivity contribution < 1.29 is 9.84 Å². The molecule has 132 valence electrons. The predicted molar refractivity (Wildman–Crippen MR) is 98.4 cm³/mol. The molecular weight excluding hydrogens is 336 g/mol. The number of fused-ring (bicyclic) bond motifs is 1. The molecule has 6 nitrogen and oxygen atoms in total. The first-order valence-corrected chi connectivity index (χ1v) is 9.13. The minimum absolute atomic E-state index is 0.242. The second-order valence-electron chi connectivity index (χ2n) is 6.15. The number of thioether (sulfide) groups is 1. The summed E-state index contributed by atoms with van der Waals surface area (Å²) in [5.41, 5.74) is 4.08. The molecule has 7 heteroatoms. The Kier molecular flexibility index (Phi) is 5.24. The van der Waals surface area contributed by atoms with Gasteiger partial charge in [-0.25, -0.2) is 4.98 Å². The highest BCUT2D eigenvalue weighted by atomic mass is 32.2. The zero-order valence-electron chi connectivity index (χ0n) is 14.9. The van der Waals surface area contributed by atoms with Gasteiger partial charge in [0.25, 0.3) is 5.78 Å². The van der Waals surface area contributed by atoms with Crippen molar-refractivity contribution in [2.45, 2.75) is 39.0 Å². The summed E-state index contributed by atoms with van der Waals surface area (Å²) in [6.07, 6.45) is -0.602. The smallest absolute Gasteiger partial charge is 0.256 e. The van der Waals surface area contributed by atoms with Gasteiger partial charge in [-0.1, -0.05) is 30.0 Å². The van der Waals surface area contributed by atoms with Crippen molar-refractivity contribution in [2.75, 3.05) is 12.4 Å². The molecule has 1 aromatic carbocycles. The van der Waals surface area contributed by atoms with Gasteiger partial charge in [-0.15, -0.1) is 10.2 Å². The molecule has 0 aliphatic carbocycles. The highest BCUT2D eigenvalue weighted by Crippen LogP contribution is 2.23. The van der Waals surface area contributed by atoms with E-state index in [9.17, 15) is 5.11 Å². The van der Waals surface area contributed by atoms with Crippen LogP contribution in [0.4, 0.5) is 0 Å². The number of hydrogen-bond donors (Lipinski definition) is 1. The van der Waals surface area contributed by atoms with Gasteiger partial charge in [-0.2, -0.15) is 0 Å². The quantitative estimate of drug-likeness (QED) is 0.683. The lowest BCUT2D eigenvalue weighted by Gasteiger charge is -2.15. The fourth-order valence-electron chi connectivity index (χ4n) is 2.72. The van der Waals surface area contributed by atoms with Crippen LogP contribution in [0, 0.1) is 27.7 Å². The van der Waals surface area contributed by atoms with Crippen LogP contribution in [0.3, 0.4) is 0 Å². The summed E-state index contributed by atoms with van der Waals surface area (Å²) < 4.78 is 7.71. The maximum absolute atomic E-state index is 10.3. The highest BCUT2D eigenvalue weighted by molar-refractivity contribution is 7.99. The predicted octanol–water partition coefficient (Wildman–Crippen LogP) is 2.89. The van der Waals surface area contributed by atoms with Crippen LogP contribution in [-0.2, 0) is 0 Å². The van der Waals surface area contributed by atoms with E-state index in [1.54, 1.807) is 0 Å². The van der Waals surface area contributed by atoms with Crippen LogP contribution in [-0.4, -0.2) is 43.2 Å². The van der Waals surface area contributed by atoms with Crippen molar-refractivity contribution in [3.05, 3.63) is 46.8 Å². The van der Waals surface area contributed by atoms with Gasteiger partial charge >= 0.3 is 0 Å². The lowest BCUT2D eigenvalue weighted by atomic mass is 10.1. The Labute approximate surface area is 151 Å². The molecule has 0 aliphatic rings. The fourth-order valence-corrected chi connectivity index (χ4v) is 3.61. The summed E-state index contributed by atoms with van der Waals surface area (Å²) in [6, 6.07) is 7.99. The van der Waals surface area contributed by atoms with Crippen LogP contribution in [0.2, 0.25) is 0 Å². The lowest BCUT2D eigenvalue weighted by Crippen LogP contribution is -2.21. The summed E-state index contributed by atoms with van der Waals surface area (Å²) >= 11 is 1.45. The molecule has 0 bridgehead atoms. The van der Waals surface area contributed by atoms with E-state index in [-0.39, 0.29) is 6.61 Å². The third-order valence-electron chi connectivity index (χ3n) is 3.90. The number of ether oxygens (including phenoxy) is 1. The molecule has 0 aliphatic heterocycles. The molecule has 2 aromatic heterocycles. The van der Waals surface area contributed by atoms with E-state index in [4.69, 9.17) is 4.74 Å². The lowest BCUT2D eigenvalue weighted by molar-refractivity contribution is 0.125. The first-order chi connectivity index (χ1) is 12.0. The normalized spacial score (nSPS) is 12.5. The van der Waals surface area contributed by atoms with Crippen molar-refractivity contribution in [3.63, 3.8) is 0 Å². The van der Waals surface area contributed by atoms with Gasteiger partial charge in [0.2, 0.25) is 0 Å². The molecule has 1 atom stereocenters. The number of para-hydroxylation sites is 1. The Bertz CT molecular complexity index is 874. The van der Waals surface area contributed by atoms with E-state index in [1.807, 2.05) is 56.4 Å². The van der Waals surface area contributed by atoms with Crippen molar-refractivity contribution in [3.8, 4) is 5.75 Å². The van der Waals surface area contributed by atoms with Gasteiger partial charge in [0.15, 0.2) is 5.16 Å². The van der Waals surface area contributed by atoms with Crippen LogP contribution < -0.4 is 4.74 Å². The first-order valence-electron chi connectivity index (χ1n) is 8.15. The molecular formula is C18H22N4O2S. The fraction of sp³-hybridized carbons (Fsp3) is 0.389. The minimum atomic E-state index is -0.602. The molecule has 3 rings (SSSR count). The maximum Gasteiger partial charge on any atom is 0.256 e. The minimum Gasteiger partial charge on any atom is -0.490 e. The van der Waals surface area contributed by atoms with Crippen LogP contribution >= 0.6 is 11.8 Å². The monoisotopic (exact) mass is 358 g/mol. The molecule has 0 amide bonds. The molecule has 25 heavy (non-hydrogen) atoms. The van der Waals surface area contributed by atoms with Crippen LogP contribution in [0.25, 0.3) is 5.78 Å². The molecule has 2 heterocycles. The van der Waals surface area contributed by atoms with E-state index in [1.165, 1.54) is 11.8 Å². The Morgan fingerprint density at radius 3 is 2.60 bits per heavy atom. The van der Waals surface area contributed by atoms with Gasteiger partial charge in [0, 0.05) is 17.1 Å². The van der Waals surface area contributed by atoms with Crippen LogP contribution in [0.15, 0.2) is 29.4 Å². The van der Waals surface area contributed by atoms with Gasteiger partial charge < -0.3 is 9.84 Å². The number of nitrogens with zero attached hydrogens (tertiary/aromatic N) is 4. The van der Waals surface area contributed by atoms with E-state index in [2.05, 4.69) is 15.2 Å². The Hall–Kier alpha value is -2.12. The van der Waals surface area contributed by atoms with Gasteiger partial charge in [0.1, 0.15) is 12.4 Å². The second-order valence-corrected chi connectivity index (χ2v) is 7.14. The van der Waals surface area contributed by atoms with Crippen molar-refractivity contribution >= 4 is 17.5 Å². The Morgan fingerprint density at radius 1 is 1.16 bits per heavy atom. The molecule has 0 fully saturated rings. The molecule has 0 saturated heterocycles. The number of aliphatic hydroxyl groups excluding tert-OH is 1. The summed E-state index contributed by atoms with van der Waals surface area (Å²) in [4.78, 5) is 4.37. The topological polar surface area (TPSA) is 72.5 Å². The van der Waals surface area contributed by atoms with E-state index in [0.717, 1.165) is 33.4 Å². The third kappa shape index (κ3) is 3.93. The molecule has 0 spiro atoms. The number of aromatic nitrogens is 4. The Balaban J connectivity index is 1.62. The summed E-state index contributed by atoms with van der Waals surface area (Å²) in [5, 5.41) is 19.3. The van der Waals surface area contributed by atoms with Crippen molar-refractivity contribution in [1.82, 2.24) is 19.6 Å². The van der Waals surface area contributed by atoms with Gasteiger partial charge in [-0.05, 0) is 44.9 Å². The van der Waals surface area contributed by atoms with Gasteiger partial charge in [-0.3, -0.25) is 4.40 Å². The first kappa shape index (κ1) is 17.7. The molecule has 0 saturated carbocycles. The molecule has 3 aromatic rings. The SMILES string of the molecule is Cc1cc(C)n2c(SC[C@H](O)COc3c(C)cccc3C)nnc2n1. The highest BCUT2D eigenvalue weighted by Gasteiger charge is 2.14. The molecule has 0 radical (unpaired) electrons. The van der Waals surface area contributed by atoms with Crippen molar-refractivity contribution in [2.24, 2.45) is 0 Å². The summed E-state index contributed by atoms with van der Waals surface area (Å²) in [7, 11) is 0. The number of rotatable bonds is 6. The van der Waals surface area contributed by atoms with Gasteiger partial charge in [0.05, 0.1) is 6.10 Å². The molecule has 1 N–H and O–H groups in total. The van der Waals surface area contributed by atoms with E-state index in [0.29, 0.717) is 11.5 Å². The standard InChI is InChI=1S/C18H22N4O2S/c1-11-6-5-7-12(2)16(11)24-9-15(23)10-25-18-21-20-17-19-13(3)8-14(4)22(17)18/h5-8,15,23H,9-10H2,1-4H3/t15-/m1/s1. The van der Waals surface area contributed by atoms with Crippen molar-refractivity contribution in [1.29, 1.82) is 0 Å². The average molecular weight is 358 g/mol. The molecule has 0 unspecified atom stereocenters. The zero-order chi connectivity index (χ0) is 18.0. The maximum atomic E-state index is 10.3. The third-order valence-corrected chi connectivity index (χ3v) is 4.97. The largest absolute Gasteiger partial charge is 0.490 e. The zero-order valence-corrected chi connectivity index (χ0v) is 15.7. The number of benzene rings is 1. The number of aryl methyl sites for hydroxylation is 4. The van der Waals surface area contributed by atoms with E-state index < -0.39 is 6.10 Å². The average Bonchev–Trinajstić information content (AvgIpc) is 2.95. The van der Waals surface area contributed by atoms with Crippen LogP contribution in [0.5, 0.6) is 5.75 Å². The second kappa shape index (κ2) is 7.41. The Morgan fingerprint density at radius 2 is 1.88 bits per heavy atom. The number of aliphatic hydroxyl groups is 1. The van der Waals surface area contributed by atoms with Crippen LogP contribution in [0.1, 0.15) is 22.5 Å². The number of hydrogen-bond acceptors (Lipinski definition) is 6. The summed E-state index contributed by atoms with van der Waals surface area (Å²) in [5.74, 6) is 1.90. The van der Waals surface area contributed by atoms with E-state index >= 15 is 0 Å².